The van der Waals surface area contributed by atoms with Crippen LogP contribution in [0.2, 0.25) is 5.02 Å². The average molecular weight is 454 g/mol. The number of nitrogens with zero attached hydrogens (tertiary/aromatic N) is 4. The predicted octanol–water partition coefficient (Wildman–Crippen LogP) is 4.50. The van der Waals surface area contributed by atoms with Crippen LogP contribution in [-0.4, -0.2) is 48.0 Å². The van der Waals surface area contributed by atoms with Crippen molar-refractivity contribution in [2.75, 3.05) is 47.0 Å². The summed E-state index contributed by atoms with van der Waals surface area (Å²) in [5.41, 5.74) is 3.11. The van der Waals surface area contributed by atoms with Crippen LogP contribution in [0, 0.1) is 6.92 Å². The molecule has 8 heteroatoms. The Labute approximate surface area is 191 Å². The van der Waals surface area contributed by atoms with Gasteiger partial charge in [0.15, 0.2) is 5.82 Å². The Morgan fingerprint density at radius 2 is 1.74 bits per heavy atom. The van der Waals surface area contributed by atoms with E-state index in [1.807, 2.05) is 61.5 Å². The van der Waals surface area contributed by atoms with Gasteiger partial charge in [0.2, 0.25) is 5.91 Å². The number of rotatable bonds is 6. The minimum Gasteiger partial charge on any atom is -0.368 e. The van der Waals surface area contributed by atoms with E-state index in [0.717, 1.165) is 59.0 Å². The van der Waals surface area contributed by atoms with Crippen LogP contribution in [0.4, 0.5) is 17.2 Å². The van der Waals surface area contributed by atoms with Gasteiger partial charge in [-0.05, 0) is 49.4 Å². The molecule has 2 aromatic carbocycles. The van der Waals surface area contributed by atoms with E-state index in [2.05, 4.69) is 31.4 Å². The number of amides is 1. The van der Waals surface area contributed by atoms with E-state index >= 15 is 0 Å². The zero-order valence-electron chi connectivity index (χ0n) is 17.3. The number of nitrogens with one attached hydrogen (secondary N) is 1. The maximum Gasteiger partial charge on any atom is 0.234 e. The number of carbonyl (C=O) groups is 1. The first-order valence-electron chi connectivity index (χ1n) is 10.2. The summed E-state index contributed by atoms with van der Waals surface area (Å²) in [7, 11) is 0. The molecule has 0 aliphatic carbocycles. The molecule has 0 bridgehead atoms. The molecule has 1 aromatic heterocycles. The van der Waals surface area contributed by atoms with Crippen LogP contribution in [0.1, 0.15) is 5.56 Å². The van der Waals surface area contributed by atoms with Crippen molar-refractivity contribution in [1.82, 2.24) is 10.2 Å². The number of halogens is 1. The van der Waals surface area contributed by atoms with Crippen molar-refractivity contribution in [2.24, 2.45) is 0 Å². The van der Waals surface area contributed by atoms with Gasteiger partial charge in [-0.3, -0.25) is 4.79 Å². The number of hydrogen-bond donors (Lipinski definition) is 1. The maximum atomic E-state index is 12.2. The highest BCUT2D eigenvalue weighted by atomic mass is 35.5. The summed E-state index contributed by atoms with van der Waals surface area (Å²) >= 11 is 7.49. The topological polar surface area (TPSA) is 61.4 Å². The molecule has 0 unspecified atom stereocenters. The molecule has 31 heavy (non-hydrogen) atoms. The number of piperazine rings is 1. The highest BCUT2D eigenvalue weighted by molar-refractivity contribution is 7.99. The first-order valence-corrected chi connectivity index (χ1v) is 11.5. The third-order valence-electron chi connectivity index (χ3n) is 5.09. The van der Waals surface area contributed by atoms with Gasteiger partial charge in [0.1, 0.15) is 5.03 Å². The van der Waals surface area contributed by atoms with Gasteiger partial charge in [-0.2, -0.15) is 0 Å². The smallest absolute Gasteiger partial charge is 0.234 e. The lowest BCUT2D eigenvalue weighted by atomic mass is 10.2. The maximum absolute atomic E-state index is 12.2. The van der Waals surface area contributed by atoms with Crippen LogP contribution >= 0.6 is 23.4 Å². The number of carbonyl (C=O) groups excluding carboxylic acids is 1. The number of aryl methyl sites for hydroxylation is 1. The van der Waals surface area contributed by atoms with E-state index in [9.17, 15) is 4.79 Å². The quantitative estimate of drug-likeness (QED) is 0.554. The average Bonchev–Trinajstić information content (AvgIpc) is 2.80. The summed E-state index contributed by atoms with van der Waals surface area (Å²) in [6.45, 7) is 5.55. The molecule has 0 atom stereocenters. The molecule has 1 saturated heterocycles. The molecule has 160 valence electrons. The molecular formula is C23H24ClN5OS. The second-order valence-electron chi connectivity index (χ2n) is 7.39. The van der Waals surface area contributed by atoms with Crippen molar-refractivity contribution < 1.29 is 4.79 Å². The normalized spacial score (nSPS) is 13.9. The molecule has 1 fully saturated rings. The van der Waals surface area contributed by atoms with Crippen molar-refractivity contribution >= 4 is 46.5 Å². The summed E-state index contributed by atoms with van der Waals surface area (Å²) in [4.78, 5) is 16.7. The van der Waals surface area contributed by atoms with E-state index in [1.54, 1.807) is 0 Å². The second kappa shape index (κ2) is 10.0. The summed E-state index contributed by atoms with van der Waals surface area (Å²) < 4.78 is 0. The molecule has 0 saturated carbocycles. The Morgan fingerprint density at radius 3 is 2.42 bits per heavy atom. The summed E-state index contributed by atoms with van der Waals surface area (Å²) in [6.07, 6.45) is 0. The van der Waals surface area contributed by atoms with Crippen molar-refractivity contribution in [1.29, 1.82) is 0 Å². The molecule has 1 N–H and O–H groups in total. The number of hydrogen-bond acceptors (Lipinski definition) is 6. The molecule has 1 amide bonds. The van der Waals surface area contributed by atoms with E-state index in [1.165, 1.54) is 11.8 Å². The van der Waals surface area contributed by atoms with Gasteiger partial charge in [-0.25, -0.2) is 0 Å². The van der Waals surface area contributed by atoms with Crippen LogP contribution in [-0.2, 0) is 4.79 Å². The SMILES string of the molecule is Cc1ccc(NC(=O)CSc2ccc(N3CCN(c4cccc(Cl)c4)CC3)nn2)cc1. The zero-order valence-corrected chi connectivity index (χ0v) is 18.9. The Bertz CT molecular complexity index is 1020. The highest BCUT2D eigenvalue weighted by Crippen LogP contribution is 2.23. The monoisotopic (exact) mass is 453 g/mol. The Balaban J connectivity index is 1.25. The molecule has 2 heterocycles. The van der Waals surface area contributed by atoms with Crippen LogP contribution in [0.5, 0.6) is 0 Å². The lowest BCUT2D eigenvalue weighted by Crippen LogP contribution is -2.46. The molecule has 4 rings (SSSR count). The molecule has 0 spiro atoms. The fourth-order valence-electron chi connectivity index (χ4n) is 3.40. The van der Waals surface area contributed by atoms with Crippen LogP contribution in [0.25, 0.3) is 0 Å². The van der Waals surface area contributed by atoms with Gasteiger partial charge < -0.3 is 15.1 Å². The van der Waals surface area contributed by atoms with Gasteiger partial charge in [0.05, 0.1) is 5.75 Å². The predicted molar refractivity (Wildman–Crippen MR) is 128 cm³/mol. The van der Waals surface area contributed by atoms with Gasteiger partial charge in [0.25, 0.3) is 0 Å². The molecule has 3 aromatic rings. The molecule has 1 aliphatic heterocycles. The fraction of sp³-hybridized carbons (Fsp3) is 0.261. The first-order chi connectivity index (χ1) is 15.1. The van der Waals surface area contributed by atoms with Crippen molar-refractivity contribution in [3.63, 3.8) is 0 Å². The third kappa shape index (κ3) is 5.89. The second-order valence-corrected chi connectivity index (χ2v) is 8.82. The Morgan fingerprint density at radius 1 is 1.00 bits per heavy atom. The third-order valence-corrected chi connectivity index (χ3v) is 6.24. The Kier molecular flexibility index (Phi) is 6.94. The van der Waals surface area contributed by atoms with E-state index in [0.29, 0.717) is 5.75 Å². The number of aromatic nitrogens is 2. The van der Waals surface area contributed by atoms with Crippen molar-refractivity contribution in [2.45, 2.75) is 11.9 Å². The Hall–Kier alpha value is -2.77. The van der Waals surface area contributed by atoms with Crippen LogP contribution in [0.15, 0.2) is 65.7 Å². The van der Waals surface area contributed by atoms with E-state index < -0.39 is 0 Å². The fourth-order valence-corrected chi connectivity index (χ4v) is 4.20. The minimum absolute atomic E-state index is 0.0585. The zero-order chi connectivity index (χ0) is 21.6. The van der Waals surface area contributed by atoms with Crippen molar-refractivity contribution in [3.8, 4) is 0 Å². The lowest BCUT2D eigenvalue weighted by Gasteiger charge is -2.36. The molecular weight excluding hydrogens is 430 g/mol. The van der Waals surface area contributed by atoms with Crippen LogP contribution in [0.3, 0.4) is 0 Å². The first kappa shape index (κ1) is 21.5. The summed E-state index contributed by atoms with van der Waals surface area (Å²) in [5.74, 6) is 1.09. The largest absolute Gasteiger partial charge is 0.368 e. The molecule has 0 radical (unpaired) electrons. The summed E-state index contributed by atoms with van der Waals surface area (Å²) in [5, 5.41) is 13.0. The summed E-state index contributed by atoms with van der Waals surface area (Å²) in [6, 6.07) is 19.6. The van der Waals surface area contributed by atoms with Crippen molar-refractivity contribution in [3.05, 3.63) is 71.2 Å². The van der Waals surface area contributed by atoms with E-state index in [4.69, 9.17) is 11.6 Å². The van der Waals surface area contributed by atoms with Gasteiger partial charge >= 0.3 is 0 Å². The number of anilines is 3. The molecule has 1 aliphatic rings. The number of benzene rings is 2. The van der Waals surface area contributed by atoms with Gasteiger partial charge in [-0.15, -0.1) is 10.2 Å². The van der Waals surface area contributed by atoms with Crippen LogP contribution < -0.4 is 15.1 Å². The minimum atomic E-state index is -0.0585. The van der Waals surface area contributed by atoms with Gasteiger partial charge in [0, 0.05) is 42.6 Å². The molecule has 6 nitrogen and oxygen atoms in total. The highest BCUT2D eigenvalue weighted by Gasteiger charge is 2.19. The number of thioether (sulfide) groups is 1. The standard InChI is InChI=1S/C23H24ClN5OS/c1-17-5-7-19(8-6-17)25-22(30)16-31-23-10-9-21(26-27-23)29-13-11-28(12-14-29)20-4-2-3-18(24)15-20/h2-10,15H,11-14,16H2,1H3,(H,25,30). The van der Waals surface area contributed by atoms with E-state index in [-0.39, 0.29) is 5.91 Å². The lowest BCUT2D eigenvalue weighted by molar-refractivity contribution is -0.113. The van der Waals surface area contributed by atoms with Gasteiger partial charge in [-0.1, -0.05) is 47.1 Å².